The summed E-state index contributed by atoms with van der Waals surface area (Å²) in [4.78, 5) is 11.8. The third-order valence-electron chi connectivity index (χ3n) is 3.62. The maximum Gasteiger partial charge on any atom is 0.314 e. The van der Waals surface area contributed by atoms with Crippen LogP contribution in [0.25, 0.3) is 0 Å². The van der Waals surface area contributed by atoms with Gasteiger partial charge in [0.2, 0.25) is 0 Å². The van der Waals surface area contributed by atoms with Crippen molar-refractivity contribution in [3.8, 4) is 5.75 Å². The summed E-state index contributed by atoms with van der Waals surface area (Å²) in [6, 6.07) is 16.8. The summed E-state index contributed by atoms with van der Waals surface area (Å²) in [5, 5.41) is 9.67. The molecule has 0 heterocycles. The van der Waals surface area contributed by atoms with Gasteiger partial charge in [0, 0.05) is 0 Å². The van der Waals surface area contributed by atoms with Crippen LogP contribution in [-0.2, 0) is 16.6 Å². The quantitative estimate of drug-likeness (QED) is 0.907. The molecule has 3 heteroatoms. The first kappa shape index (κ1) is 14.1. The van der Waals surface area contributed by atoms with Crippen LogP contribution >= 0.6 is 0 Å². The van der Waals surface area contributed by atoms with E-state index in [1.54, 1.807) is 14.0 Å². The van der Waals surface area contributed by atoms with Crippen molar-refractivity contribution >= 4 is 5.97 Å². The van der Waals surface area contributed by atoms with Crippen LogP contribution in [0.15, 0.2) is 54.6 Å². The molecule has 0 amide bonds. The van der Waals surface area contributed by atoms with Crippen LogP contribution in [0, 0.1) is 0 Å². The van der Waals surface area contributed by atoms with Crippen LogP contribution in [0.1, 0.15) is 18.1 Å². The van der Waals surface area contributed by atoms with Crippen LogP contribution < -0.4 is 4.74 Å². The smallest absolute Gasteiger partial charge is 0.314 e. The van der Waals surface area contributed by atoms with E-state index in [0.29, 0.717) is 6.42 Å². The fourth-order valence-electron chi connectivity index (χ4n) is 2.34. The SMILES string of the molecule is COc1ccccc1CC(C)(C(=O)O)c1ccccc1. The van der Waals surface area contributed by atoms with Crippen molar-refractivity contribution in [2.75, 3.05) is 7.11 Å². The maximum absolute atomic E-state index is 11.8. The summed E-state index contributed by atoms with van der Waals surface area (Å²) < 4.78 is 5.31. The molecule has 1 N–H and O–H groups in total. The van der Waals surface area contributed by atoms with Crippen molar-refractivity contribution in [1.29, 1.82) is 0 Å². The highest BCUT2D eigenvalue weighted by molar-refractivity contribution is 5.81. The molecule has 0 aliphatic rings. The molecule has 3 nitrogen and oxygen atoms in total. The van der Waals surface area contributed by atoms with Crippen molar-refractivity contribution < 1.29 is 14.6 Å². The molecule has 0 aliphatic carbocycles. The number of carbonyl (C=O) groups is 1. The average Bonchev–Trinajstić information content (AvgIpc) is 2.48. The first-order valence-electron chi connectivity index (χ1n) is 6.49. The van der Waals surface area contributed by atoms with Gasteiger partial charge < -0.3 is 9.84 Å². The van der Waals surface area contributed by atoms with E-state index in [2.05, 4.69) is 0 Å². The summed E-state index contributed by atoms with van der Waals surface area (Å²) in [5.74, 6) is -0.120. The van der Waals surface area contributed by atoms with E-state index in [9.17, 15) is 9.90 Å². The highest BCUT2D eigenvalue weighted by Gasteiger charge is 2.36. The van der Waals surface area contributed by atoms with Gasteiger partial charge >= 0.3 is 5.97 Å². The monoisotopic (exact) mass is 270 g/mol. The molecular weight excluding hydrogens is 252 g/mol. The molecule has 1 unspecified atom stereocenters. The van der Waals surface area contributed by atoms with E-state index in [-0.39, 0.29) is 0 Å². The molecule has 1 atom stereocenters. The van der Waals surface area contributed by atoms with E-state index < -0.39 is 11.4 Å². The summed E-state index contributed by atoms with van der Waals surface area (Å²) in [6.45, 7) is 1.75. The predicted molar refractivity (Wildman–Crippen MR) is 78.1 cm³/mol. The van der Waals surface area contributed by atoms with Gasteiger partial charge in [-0.1, -0.05) is 48.5 Å². The van der Waals surface area contributed by atoms with E-state index in [1.807, 2.05) is 54.6 Å². The van der Waals surface area contributed by atoms with Crippen molar-refractivity contribution in [3.63, 3.8) is 0 Å². The van der Waals surface area contributed by atoms with Crippen molar-refractivity contribution in [1.82, 2.24) is 0 Å². The third kappa shape index (κ3) is 2.67. The Morgan fingerprint density at radius 2 is 1.70 bits per heavy atom. The fraction of sp³-hybridized carbons (Fsp3) is 0.235. The first-order valence-corrected chi connectivity index (χ1v) is 6.49. The Balaban J connectivity index is 2.43. The van der Waals surface area contributed by atoms with Gasteiger partial charge in [-0.3, -0.25) is 4.79 Å². The van der Waals surface area contributed by atoms with E-state index in [1.165, 1.54) is 0 Å². The first-order chi connectivity index (χ1) is 9.58. The minimum absolute atomic E-state index is 0.385. The summed E-state index contributed by atoms with van der Waals surface area (Å²) in [5.41, 5.74) is 0.706. The number of carboxylic acid groups (broad SMARTS) is 1. The fourth-order valence-corrected chi connectivity index (χ4v) is 2.34. The summed E-state index contributed by atoms with van der Waals surface area (Å²) in [7, 11) is 1.60. The zero-order chi connectivity index (χ0) is 14.6. The molecule has 0 radical (unpaired) electrons. The Hall–Kier alpha value is -2.29. The second-order valence-corrected chi connectivity index (χ2v) is 4.99. The lowest BCUT2D eigenvalue weighted by Crippen LogP contribution is -2.34. The van der Waals surface area contributed by atoms with Crippen LogP contribution in [0.2, 0.25) is 0 Å². The van der Waals surface area contributed by atoms with E-state index in [4.69, 9.17) is 4.74 Å². The molecule has 20 heavy (non-hydrogen) atoms. The van der Waals surface area contributed by atoms with Crippen LogP contribution in [-0.4, -0.2) is 18.2 Å². The lowest BCUT2D eigenvalue weighted by Gasteiger charge is -2.26. The number of methoxy groups -OCH3 is 1. The van der Waals surface area contributed by atoms with Gasteiger partial charge in [0.15, 0.2) is 0 Å². The van der Waals surface area contributed by atoms with Crippen molar-refractivity contribution in [3.05, 3.63) is 65.7 Å². The number of ether oxygens (including phenoxy) is 1. The second-order valence-electron chi connectivity index (χ2n) is 4.99. The number of aliphatic carboxylic acids is 1. The largest absolute Gasteiger partial charge is 0.496 e. The van der Waals surface area contributed by atoms with Gasteiger partial charge in [0.1, 0.15) is 5.75 Å². The van der Waals surface area contributed by atoms with Gasteiger partial charge in [-0.15, -0.1) is 0 Å². The standard InChI is InChI=1S/C17H18O3/c1-17(16(18)19,14-9-4-3-5-10-14)12-13-8-6-7-11-15(13)20-2/h3-11H,12H2,1-2H3,(H,18,19). The molecule has 0 aromatic heterocycles. The Bertz CT molecular complexity index is 592. The zero-order valence-electron chi connectivity index (χ0n) is 11.7. The predicted octanol–water partition coefficient (Wildman–Crippen LogP) is 3.28. The number of benzene rings is 2. The van der Waals surface area contributed by atoms with E-state index >= 15 is 0 Å². The number of hydrogen-bond donors (Lipinski definition) is 1. The molecule has 0 bridgehead atoms. The minimum Gasteiger partial charge on any atom is -0.496 e. The topological polar surface area (TPSA) is 46.5 Å². The second kappa shape index (κ2) is 5.78. The van der Waals surface area contributed by atoms with Gasteiger partial charge in [-0.2, -0.15) is 0 Å². The molecule has 104 valence electrons. The Kier molecular flexibility index (Phi) is 4.08. The molecule has 0 saturated carbocycles. The maximum atomic E-state index is 11.8. The Labute approximate surface area is 118 Å². The number of hydrogen-bond acceptors (Lipinski definition) is 2. The van der Waals surface area contributed by atoms with Crippen LogP contribution in [0.4, 0.5) is 0 Å². The molecule has 0 saturated heterocycles. The molecule has 2 aromatic rings. The highest BCUT2D eigenvalue weighted by Crippen LogP contribution is 2.32. The van der Waals surface area contributed by atoms with Crippen molar-refractivity contribution in [2.24, 2.45) is 0 Å². The van der Waals surface area contributed by atoms with Crippen LogP contribution in [0.5, 0.6) is 5.75 Å². The van der Waals surface area contributed by atoms with Crippen LogP contribution in [0.3, 0.4) is 0 Å². The Morgan fingerprint density at radius 3 is 2.30 bits per heavy atom. The third-order valence-corrected chi connectivity index (χ3v) is 3.62. The van der Waals surface area contributed by atoms with Crippen molar-refractivity contribution in [2.45, 2.75) is 18.8 Å². The molecule has 0 fully saturated rings. The van der Waals surface area contributed by atoms with Gasteiger partial charge in [-0.05, 0) is 30.5 Å². The number of rotatable bonds is 5. The summed E-state index contributed by atoms with van der Waals surface area (Å²) in [6.07, 6.45) is 0.385. The zero-order valence-corrected chi connectivity index (χ0v) is 11.7. The number of para-hydroxylation sites is 1. The molecular formula is C17H18O3. The van der Waals surface area contributed by atoms with Gasteiger partial charge in [-0.25, -0.2) is 0 Å². The highest BCUT2D eigenvalue weighted by atomic mass is 16.5. The molecule has 2 aromatic carbocycles. The summed E-state index contributed by atoms with van der Waals surface area (Å²) >= 11 is 0. The van der Waals surface area contributed by atoms with Gasteiger partial charge in [0.05, 0.1) is 12.5 Å². The minimum atomic E-state index is -0.976. The Morgan fingerprint density at radius 1 is 1.10 bits per heavy atom. The molecule has 2 rings (SSSR count). The molecule has 0 aliphatic heterocycles. The molecule has 0 spiro atoms. The van der Waals surface area contributed by atoms with Gasteiger partial charge in [0.25, 0.3) is 0 Å². The van der Waals surface area contributed by atoms with E-state index in [0.717, 1.165) is 16.9 Å². The normalized spacial score (nSPS) is 13.5. The lowest BCUT2D eigenvalue weighted by atomic mass is 9.77. The number of carboxylic acids is 1. The lowest BCUT2D eigenvalue weighted by molar-refractivity contribution is -0.143. The average molecular weight is 270 g/mol.